The molecule has 3 saturated heterocycles. The van der Waals surface area contributed by atoms with Gasteiger partial charge in [0.05, 0.1) is 44.7 Å². The largest absolute Gasteiger partial charge is 0.497 e. The van der Waals surface area contributed by atoms with Crippen LogP contribution in [0.3, 0.4) is 0 Å². The molecule has 16 atom stereocenters. The molecule has 17 nitrogen and oxygen atoms in total. The molecule has 0 aromatic heterocycles. The van der Waals surface area contributed by atoms with Crippen molar-refractivity contribution in [1.82, 2.24) is 0 Å². The molecule has 0 radical (unpaired) electrons. The first-order valence-electron chi connectivity index (χ1n) is 16.2. The van der Waals surface area contributed by atoms with Crippen molar-refractivity contribution in [2.45, 2.75) is 99.4 Å². The number of esters is 2. The van der Waals surface area contributed by atoms with Crippen LogP contribution in [-0.4, -0.2) is 148 Å². The molecule has 6 N–H and O–H groups in total. The average Bonchev–Trinajstić information content (AvgIpc) is 3.78. The van der Waals surface area contributed by atoms with Crippen LogP contribution < -0.4 is 4.74 Å². The molecule has 276 valence electrons. The van der Waals surface area contributed by atoms with Crippen LogP contribution in [-0.2, 0) is 47.5 Å². The Balaban J connectivity index is 1.15. The summed E-state index contributed by atoms with van der Waals surface area (Å²) in [6.45, 7) is 1.52. The summed E-state index contributed by atoms with van der Waals surface area (Å²) < 4.78 is 51.5. The van der Waals surface area contributed by atoms with Gasteiger partial charge in [-0.25, -0.2) is 4.79 Å². The van der Waals surface area contributed by atoms with E-state index < -0.39 is 122 Å². The molecule has 17 heteroatoms. The first-order valence-corrected chi connectivity index (χ1v) is 16.2. The zero-order valence-corrected chi connectivity index (χ0v) is 27.4. The monoisotopic (exact) mass is 710 g/mol. The first kappa shape index (κ1) is 36.6. The van der Waals surface area contributed by atoms with Crippen molar-refractivity contribution in [3.63, 3.8) is 0 Å². The Bertz CT molecular complexity index is 1420. The van der Waals surface area contributed by atoms with Crippen molar-refractivity contribution >= 4 is 18.0 Å². The summed E-state index contributed by atoms with van der Waals surface area (Å²) >= 11 is 0. The van der Waals surface area contributed by atoms with Crippen molar-refractivity contribution in [2.24, 2.45) is 11.8 Å². The molecule has 4 aliphatic heterocycles. The van der Waals surface area contributed by atoms with E-state index in [1.165, 1.54) is 25.5 Å². The molecule has 4 heterocycles. The smallest absolute Gasteiger partial charge is 0.331 e. The van der Waals surface area contributed by atoms with Gasteiger partial charge in [-0.15, -0.1) is 0 Å². The van der Waals surface area contributed by atoms with Gasteiger partial charge in [0.2, 0.25) is 6.29 Å². The Morgan fingerprint density at radius 3 is 2.28 bits per heavy atom. The van der Waals surface area contributed by atoms with Gasteiger partial charge in [-0.3, -0.25) is 4.79 Å². The quantitative estimate of drug-likeness (QED) is 0.0835. The van der Waals surface area contributed by atoms with Crippen molar-refractivity contribution < 1.29 is 82.9 Å². The lowest BCUT2D eigenvalue weighted by molar-refractivity contribution is -0.347. The lowest BCUT2D eigenvalue weighted by Gasteiger charge is -2.44. The van der Waals surface area contributed by atoms with Gasteiger partial charge in [0.1, 0.15) is 48.0 Å². The van der Waals surface area contributed by atoms with E-state index in [2.05, 4.69) is 0 Å². The number of benzene rings is 1. The third-order valence-electron chi connectivity index (χ3n) is 9.72. The number of rotatable bonds is 11. The van der Waals surface area contributed by atoms with Crippen LogP contribution >= 0.6 is 0 Å². The molecule has 1 saturated carbocycles. The number of carbonyl (C=O) groups is 2. The van der Waals surface area contributed by atoms with E-state index in [1.54, 1.807) is 37.3 Å². The Hall–Kier alpha value is -3.20. The summed E-state index contributed by atoms with van der Waals surface area (Å²) in [5.41, 5.74) is -0.551. The maximum atomic E-state index is 12.8. The minimum Gasteiger partial charge on any atom is -0.497 e. The van der Waals surface area contributed by atoms with Crippen LogP contribution in [0.2, 0.25) is 0 Å². The van der Waals surface area contributed by atoms with E-state index in [0.29, 0.717) is 11.3 Å². The predicted octanol–water partition coefficient (Wildman–Crippen LogP) is -1.89. The van der Waals surface area contributed by atoms with Gasteiger partial charge in [-0.05, 0) is 36.8 Å². The summed E-state index contributed by atoms with van der Waals surface area (Å²) in [5, 5.41) is 62.3. The number of carbonyl (C=O) groups excluding carboxylic acids is 2. The molecule has 0 amide bonds. The molecule has 6 rings (SSSR count). The fourth-order valence-corrected chi connectivity index (χ4v) is 7.10. The first-order chi connectivity index (χ1) is 23.9. The van der Waals surface area contributed by atoms with Gasteiger partial charge in [0.15, 0.2) is 24.8 Å². The van der Waals surface area contributed by atoms with Gasteiger partial charge in [-0.1, -0.05) is 12.1 Å². The third kappa shape index (κ3) is 6.88. The molecule has 1 aliphatic carbocycles. The van der Waals surface area contributed by atoms with Gasteiger partial charge < -0.3 is 73.3 Å². The maximum absolute atomic E-state index is 12.8. The SMILES string of the molecule is COc1ccc(/C=C/C(=O)O[C@@H]2[C@@H](O)[C@@H](OC(C)=O)[C@H](O[C@H]3[C@@H]4C=CO[C@@H](O[C@@H]5O[C@H](CO)[C@@H](O)[C@H](O)[C@H]5O)[C@@H]4[C@@]4(CO)O[C@@H]34)O[C@H]2C)cc1. The molecule has 50 heavy (non-hydrogen) atoms. The molecular formula is C33H42O17. The molecule has 1 aromatic carbocycles. The van der Waals surface area contributed by atoms with Crippen LogP contribution in [0.1, 0.15) is 19.4 Å². The summed E-state index contributed by atoms with van der Waals surface area (Å²) in [6.07, 6.45) is -11.5. The standard InChI is InChI=1S/C33H42O17/c1-14-26(47-20(37)9-6-16-4-7-17(42-3)8-5-16)25(41)28(45-15(2)36)32(44-14)48-27-18-10-11-43-30(21(18)33(13-35)29(27)50-33)49-31-24(40)23(39)22(38)19(12-34)46-31/h4-11,14,18-19,21-32,34-35,38-41H,12-13H2,1-3H3/b9-6+/t14-,18+,19+,21+,22+,23-,24+,25+,26-,27-,28+,29-,30-,31-,32-,33+/m0/s1. The molecule has 0 bridgehead atoms. The van der Waals surface area contributed by atoms with E-state index in [0.717, 1.165) is 6.92 Å². The van der Waals surface area contributed by atoms with Gasteiger partial charge in [0, 0.05) is 18.9 Å². The fraction of sp³-hybridized carbons (Fsp3) is 0.636. The highest BCUT2D eigenvalue weighted by molar-refractivity contribution is 5.87. The van der Waals surface area contributed by atoms with E-state index in [4.69, 9.17) is 42.6 Å². The van der Waals surface area contributed by atoms with Crippen LogP contribution in [0.4, 0.5) is 0 Å². The van der Waals surface area contributed by atoms with Crippen LogP contribution in [0.5, 0.6) is 5.75 Å². The normalized spacial score (nSPS) is 43.4. The van der Waals surface area contributed by atoms with E-state index >= 15 is 0 Å². The summed E-state index contributed by atoms with van der Waals surface area (Å²) in [4.78, 5) is 24.9. The van der Waals surface area contributed by atoms with Crippen molar-refractivity contribution in [2.75, 3.05) is 20.3 Å². The zero-order chi connectivity index (χ0) is 35.9. The Labute approximate surface area is 286 Å². The number of hydrogen-bond acceptors (Lipinski definition) is 17. The minimum absolute atomic E-state index is 0.496. The molecular weight excluding hydrogens is 668 g/mol. The number of methoxy groups -OCH3 is 1. The second-order valence-corrected chi connectivity index (χ2v) is 12.8. The number of ether oxygens (including phenoxy) is 9. The number of epoxide rings is 1. The molecule has 0 unspecified atom stereocenters. The Kier molecular flexibility index (Phi) is 10.8. The second kappa shape index (κ2) is 14.8. The zero-order valence-electron chi connectivity index (χ0n) is 27.4. The van der Waals surface area contributed by atoms with E-state index in [1.807, 2.05) is 0 Å². The molecule has 5 aliphatic rings. The number of hydrogen-bond donors (Lipinski definition) is 6. The molecule has 0 spiro atoms. The van der Waals surface area contributed by atoms with Crippen molar-refractivity contribution in [1.29, 1.82) is 0 Å². The minimum atomic E-state index is -1.71. The summed E-state index contributed by atoms with van der Waals surface area (Å²) in [5.74, 6) is -2.26. The summed E-state index contributed by atoms with van der Waals surface area (Å²) in [6, 6.07) is 6.93. The lowest BCUT2D eigenvalue weighted by Crippen LogP contribution is -2.61. The maximum Gasteiger partial charge on any atom is 0.331 e. The van der Waals surface area contributed by atoms with E-state index in [9.17, 15) is 40.2 Å². The van der Waals surface area contributed by atoms with Crippen LogP contribution in [0.15, 0.2) is 42.7 Å². The van der Waals surface area contributed by atoms with Crippen LogP contribution in [0.25, 0.3) is 6.08 Å². The highest BCUT2D eigenvalue weighted by atomic mass is 16.8. The number of fused-ring (bicyclic) bond motifs is 3. The second-order valence-electron chi connectivity index (χ2n) is 12.8. The molecule has 4 fully saturated rings. The van der Waals surface area contributed by atoms with Gasteiger partial charge in [0.25, 0.3) is 0 Å². The van der Waals surface area contributed by atoms with Crippen LogP contribution in [0, 0.1) is 11.8 Å². The average molecular weight is 711 g/mol. The Morgan fingerprint density at radius 2 is 1.62 bits per heavy atom. The third-order valence-corrected chi connectivity index (χ3v) is 9.72. The van der Waals surface area contributed by atoms with Gasteiger partial charge in [-0.2, -0.15) is 0 Å². The topological polar surface area (TPSA) is 242 Å². The fourth-order valence-electron chi connectivity index (χ4n) is 7.10. The summed E-state index contributed by atoms with van der Waals surface area (Å²) in [7, 11) is 1.54. The predicted molar refractivity (Wildman–Crippen MR) is 163 cm³/mol. The highest BCUT2D eigenvalue weighted by Crippen LogP contribution is 2.61. The van der Waals surface area contributed by atoms with Gasteiger partial charge >= 0.3 is 11.9 Å². The van der Waals surface area contributed by atoms with Crippen molar-refractivity contribution in [3.8, 4) is 5.75 Å². The highest BCUT2D eigenvalue weighted by Gasteiger charge is 2.77. The number of aliphatic hydroxyl groups excluding tert-OH is 6. The number of aliphatic hydroxyl groups is 6. The lowest BCUT2D eigenvalue weighted by atomic mass is 9.85. The Morgan fingerprint density at radius 1 is 0.880 bits per heavy atom. The van der Waals surface area contributed by atoms with E-state index in [-0.39, 0.29) is 0 Å². The van der Waals surface area contributed by atoms with Crippen molar-refractivity contribution in [3.05, 3.63) is 48.2 Å². The molecule has 1 aromatic rings.